The van der Waals surface area contributed by atoms with E-state index in [1.54, 1.807) is 12.1 Å². The Morgan fingerprint density at radius 1 is 1.33 bits per heavy atom. The van der Waals surface area contributed by atoms with Crippen LogP contribution in [0.25, 0.3) is 0 Å². The lowest BCUT2D eigenvalue weighted by molar-refractivity contribution is 0.136. The van der Waals surface area contributed by atoms with E-state index in [2.05, 4.69) is 4.90 Å². The maximum Gasteiger partial charge on any atom is 0.179 e. The lowest BCUT2D eigenvalue weighted by Crippen LogP contribution is -2.37. The predicted octanol–water partition coefficient (Wildman–Crippen LogP) is 1.04. The highest BCUT2D eigenvalue weighted by molar-refractivity contribution is 7.91. The Labute approximate surface area is 125 Å². The summed E-state index contributed by atoms with van der Waals surface area (Å²) in [6.07, 6.45) is 1.83. The summed E-state index contributed by atoms with van der Waals surface area (Å²) in [7, 11) is -3.35. The van der Waals surface area contributed by atoms with Crippen molar-refractivity contribution in [2.75, 3.05) is 32.0 Å². The highest BCUT2D eigenvalue weighted by atomic mass is 32.2. The number of rotatable bonds is 5. The van der Waals surface area contributed by atoms with E-state index in [0.717, 1.165) is 25.9 Å². The summed E-state index contributed by atoms with van der Waals surface area (Å²) >= 11 is 0. The maximum absolute atomic E-state index is 12.3. The second-order valence-corrected chi connectivity index (χ2v) is 7.54. The van der Waals surface area contributed by atoms with Crippen molar-refractivity contribution >= 4 is 9.84 Å². The summed E-state index contributed by atoms with van der Waals surface area (Å²) in [5, 5.41) is 17.9. The molecular weight excluding hydrogens is 288 g/mol. The molecule has 0 amide bonds. The van der Waals surface area contributed by atoms with Gasteiger partial charge in [-0.3, -0.25) is 0 Å². The first-order chi connectivity index (χ1) is 10.0. The van der Waals surface area contributed by atoms with E-state index in [1.165, 1.54) is 12.1 Å². The Morgan fingerprint density at radius 2 is 2.05 bits per heavy atom. The first-order valence-corrected chi connectivity index (χ1v) is 8.76. The minimum atomic E-state index is -3.35. The number of nitrogens with zero attached hydrogens (tertiary/aromatic N) is 2. The van der Waals surface area contributed by atoms with Crippen molar-refractivity contribution in [3.05, 3.63) is 29.8 Å². The van der Waals surface area contributed by atoms with Crippen LogP contribution in [0.2, 0.25) is 0 Å². The first kappa shape index (κ1) is 16.0. The SMILES string of the molecule is N#Cc1cccc(S(=O)(=O)CCN2CCC(CO)CC2)c1. The number of hydrogen-bond donors (Lipinski definition) is 1. The van der Waals surface area contributed by atoms with Gasteiger partial charge in [0.25, 0.3) is 0 Å². The van der Waals surface area contributed by atoms with E-state index in [0.29, 0.717) is 18.0 Å². The van der Waals surface area contributed by atoms with Crippen molar-refractivity contribution in [1.82, 2.24) is 4.90 Å². The van der Waals surface area contributed by atoms with Crippen LogP contribution in [-0.2, 0) is 9.84 Å². The minimum Gasteiger partial charge on any atom is -0.396 e. The molecule has 1 saturated heterocycles. The highest BCUT2D eigenvalue weighted by Gasteiger charge is 2.21. The van der Waals surface area contributed by atoms with Gasteiger partial charge >= 0.3 is 0 Å². The quantitative estimate of drug-likeness (QED) is 0.879. The van der Waals surface area contributed by atoms with Gasteiger partial charge in [-0.1, -0.05) is 6.07 Å². The molecule has 2 rings (SSSR count). The lowest BCUT2D eigenvalue weighted by Gasteiger charge is -2.30. The highest BCUT2D eigenvalue weighted by Crippen LogP contribution is 2.18. The van der Waals surface area contributed by atoms with Crippen LogP contribution in [0.1, 0.15) is 18.4 Å². The summed E-state index contributed by atoms with van der Waals surface area (Å²) in [6.45, 7) is 2.38. The number of aliphatic hydroxyl groups excluding tert-OH is 1. The molecular formula is C15H20N2O3S. The van der Waals surface area contributed by atoms with Crippen molar-refractivity contribution < 1.29 is 13.5 Å². The van der Waals surface area contributed by atoms with Gasteiger partial charge < -0.3 is 10.0 Å². The van der Waals surface area contributed by atoms with Crippen molar-refractivity contribution in [3.8, 4) is 6.07 Å². The molecule has 0 aromatic heterocycles. The van der Waals surface area contributed by atoms with E-state index in [9.17, 15) is 8.42 Å². The number of aliphatic hydroxyl groups is 1. The van der Waals surface area contributed by atoms with E-state index >= 15 is 0 Å². The summed E-state index contributed by atoms with van der Waals surface area (Å²) in [5.74, 6) is 0.413. The van der Waals surface area contributed by atoms with Gasteiger partial charge in [0.15, 0.2) is 9.84 Å². The van der Waals surface area contributed by atoms with Crippen LogP contribution < -0.4 is 0 Å². The molecule has 1 heterocycles. The molecule has 1 aliphatic rings. The topological polar surface area (TPSA) is 81.4 Å². The maximum atomic E-state index is 12.3. The van der Waals surface area contributed by atoms with Crippen LogP contribution in [0.5, 0.6) is 0 Å². The van der Waals surface area contributed by atoms with Crippen molar-refractivity contribution in [3.63, 3.8) is 0 Å². The van der Waals surface area contributed by atoms with Gasteiger partial charge in [-0.15, -0.1) is 0 Å². The molecule has 114 valence electrons. The van der Waals surface area contributed by atoms with Crippen LogP contribution in [0.15, 0.2) is 29.2 Å². The standard InChI is InChI=1S/C15H20N2O3S/c16-11-14-2-1-3-15(10-14)21(19,20)9-8-17-6-4-13(12-18)5-7-17/h1-3,10,13,18H,4-9,12H2. The van der Waals surface area contributed by atoms with E-state index in [1.807, 2.05) is 6.07 Å². The monoisotopic (exact) mass is 308 g/mol. The number of piperidine rings is 1. The fourth-order valence-electron chi connectivity index (χ4n) is 2.52. The fraction of sp³-hybridized carbons (Fsp3) is 0.533. The van der Waals surface area contributed by atoms with Crippen LogP contribution in [0.4, 0.5) is 0 Å². The van der Waals surface area contributed by atoms with Gasteiger partial charge in [0.1, 0.15) is 0 Å². The number of nitriles is 1. The van der Waals surface area contributed by atoms with Gasteiger partial charge in [-0.2, -0.15) is 5.26 Å². The number of likely N-dealkylation sites (tertiary alicyclic amines) is 1. The molecule has 1 N–H and O–H groups in total. The molecule has 0 unspecified atom stereocenters. The largest absolute Gasteiger partial charge is 0.396 e. The Morgan fingerprint density at radius 3 is 2.67 bits per heavy atom. The summed E-state index contributed by atoms with van der Waals surface area (Å²) in [6, 6.07) is 8.11. The fourth-order valence-corrected chi connectivity index (χ4v) is 3.85. The molecule has 0 radical (unpaired) electrons. The van der Waals surface area contributed by atoms with Crippen molar-refractivity contribution in [1.29, 1.82) is 5.26 Å². The van der Waals surface area contributed by atoms with Crippen LogP contribution in [0.3, 0.4) is 0 Å². The zero-order valence-electron chi connectivity index (χ0n) is 11.9. The molecule has 1 aromatic rings. The molecule has 0 saturated carbocycles. The molecule has 1 aromatic carbocycles. The average Bonchev–Trinajstić information content (AvgIpc) is 2.53. The third kappa shape index (κ3) is 4.27. The van der Waals surface area contributed by atoms with Gasteiger partial charge in [0.2, 0.25) is 0 Å². The molecule has 1 aliphatic heterocycles. The zero-order valence-corrected chi connectivity index (χ0v) is 12.7. The van der Waals surface area contributed by atoms with Gasteiger partial charge in [-0.05, 0) is 50.0 Å². The molecule has 0 aliphatic carbocycles. The van der Waals surface area contributed by atoms with Crippen molar-refractivity contribution in [2.45, 2.75) is 17.7 Å². The third-order valence-electron chi connectivity index (χ3n) is 3.96. The Bertz CT molecular complexity index is 614. The zero-order chi connectivity index (χ0) is 15.3. The Kier molecular flexibility index (Phi) is 5.34. The molecule has 1 fully saturated rings. The van der Waals surface area contributed by atoms with E-state index < -0.39 is 9.84 Å². The Balaban J connectivity index is 1.94. The third-order valence-corrected chi connectivity index (χ3v) is 5.66. The second-order valence-electron chi connectivity index (χ2n) is 5.43. The molecule has 21 heavy (non-hydrogen) atoms. The van der Waals surface area contributed by atoms with Crippen LogP contribution in [0, 0.1) is 17.2 Å². The smallest absolute Gasteiger partial charge is 0.179 e. The lowest BCUT2D eigenvalue weighted by atomic mass is 9.98. The van der Waals surface area contributed by atoms with Gasteiger partial charge in [0, 0.05) is 13.2 Å². The van der Waals surface area contributed by atoms with Crippen LogP contribution >= 0.6 is 0 Å². The molecule has 6 heteroatoms. The molecule has 5 nitrogen and oxygen atoms in total. The number of benzene rings is 1. The normalized spacial score (nSPS) is 17.5. The van der Waals surface area contributed by atoms with Gasteiger partial charge in [-0.25, -0.2) is 8.42 Å². The summed E-state index contributed by atoms with van der Waals surface area (Å²) < 4.78 is 24.6. The van der Waals surface area contributed by atoms with E-state index in [-0.39, 0.29) is 17.3 Å². The summed E-state index contributed by atoms with van der Waals surface area (Å²) in [4.78, 5) is 2.34. The molecule has 0 spiro atoms. The predicted molar refractivity (Wildman–Crippen MR) is 79.5 cm³/mol. The van der Waals surface area contributed by atoms with Crippen LogP contribution in [-0.4, -0.2) is 50.4 Å². The van der Waals surface area contributed by atoms with Crippen molar-refractivity contribution in [2.24, 2.45) is 5.92 Å². The molecule has 0 bridgehead atoms. The second kappa shape index (κ2) is 7.03. The summed E-state index contributed by atoms with van der Waals surface area (Å²) in [5.41, 5.74) is 0.361. The first-order valence-electron chi connectivity index (χ1n) is 7.11. The van der Waals surface area contributed by atoms with E-state index in [4.69, 9.17) is 10.4 Å². The average molecular weight is 308 g/mol. The number of sulfone groups is 1. The minimum absolute atomic E-state index is 0.0612. The van der Waals surface area contributed by atoms with Gasteiger partial charge in [0.05, 0.1) is 22.3 Å². The molecule has 0 atom stereocenters. The number of hydrogen-bond acceptors (Lipinski definition) is 5. The Hall–Kier alpha value is -1.42.